The lowest BCUT2D eigenvalue weighted by Crippen LogP contribution is -2.44. The van der Waals surface area contributed by atoms with Crippen LogP contribution in [0.4, 0.5) is 0 Å². The number of aliphatic hydroxyl groups excluding tert-OH is 1. The highest BCUT2D eigenvalue weighted by Crippen LogP contribution is 2.13. The highest BCUT2D eigenvalue weighted by atomic mass is 28.4. The SMILES string of the molecule is CCO[Si](/C=C/CCCCCC#CCCO)(OCC)OCC. The van der Waals surface area contributed by atoms with Crippen LogP contribution in [0.15, 0.2) is 11.8 Å². The molecule has 0 rings (SSSR count). The number of hydrogen-bond donors (Lipinski definition) is 1. The minimum atomic E-state index is -2.61. The number of allylic oxidation sites excluding steroid dienone is 1. The number of rotatable bonds is 13. The van der Waals surface area contributed by atoms with Crippen molar-refractivity contribution >= 4 is 8.80 Å². The average molecular weight is 329 g/mol. The van der Waals surface area contributed by atoms with Gasteiger partial charge in [-0.25, -0.2) is 0 Å². The van der Waals surface area contributed by atoms with E-state index in [1.54, 1.807) is 0 Å². The van der Waals surface area contributed by atoms with Crippen LogP contribution in [0.25, 0.3) is 0 Å². The molecule has 22 heavy (non-hydrogen) atoms. The zero-order valence-electron chi connectivity index (χ0n) is 14.4. The molecule has 0 aliphatic rings. The molecule has 0 unspecified atom stereocenters. The molecular formula is C17H32O4Si. The Balaban J connectivity index is 4.02. The Morgan fingerprint density at radius 1 is 0.864 bits per heavy atom. The van der Waals surface area contributed by atoms with E-state index < -0.39 is 8.80 Å². The Bertz CT molecular complexity index is 316. The van der Waals surface area contributed by atoms with Crippen LogP contribution in [0.3, 0.4) is 0 Å². The normalized spacial score (nSPS) is 11.6. The molecule has 0 aromatic rings. The first kappa shape index (κ1) is 21.4. The highest BCUT2D eigenvalue weighted by Gasteiger charge is 2.37. The molecule has 0 saturated heterocycles. The predicted molar refractivity (Wildman–Crippen MR) is 92.3 cm³/mol. The molecule has 1 N–H and O–H groups in total. The van der Waals surface area contributed by atoms with E-state index in [1.807, 2.05) is 26.5 Å². The summed E-state index contributed by atoms with van der Waals surface area (Å²) in [5, 5.41) is 8.61. The summed E-state index contributed by atoms with van der Waals surface area (Å²) < 4.78 is 17.3. The summed E-state index contributed by atoms with van der Waals surface area (Å²) in [6, 6.07) is 0. The summed E-state index contributed by atoms with van der Waals surface area (Å²) in [6.45, 7) is 7.85. The largest absolute Gasteiger partial charge is 0.529 e. The van der Waals surface area contributed by atoms with Crippen LogP contribution >= 0.6 is 0 Å². The van der Waals surface area contributed by atoms with Gasteiger partial charge in [-0.15, -0.1) is 11.8 Å². The first-order chi connectivity index (χ1) is 10.7. The van der Waals surface area contributed by atoms with Crippen LogP contribution in [0.2, 0.25) is 0 Å². The molecule has 0 bridgehead atoms. The molecule has 0 aliphatic heterocycles. The molecular weight excluding hydrogens is 296 g/mol. The van der Waals surface area contributed by atoms with Crippen LogP contribution in [0.1, 0.15) is 59.3 Å². The van der Waals surface area contributed by atoms with Crippen molar-refractivity contribution in [3.8, 4) is 11.8 Å². The van der Waals surface area contributed by atoms with E-state index in [4.69, 9.17) is 18.4 Å². The van der Waals surface area contributed by atoms with Gasteiger partial charge < -0.3 is 18.4 Å². The van der Waals surface area contributed by atoms with Gasteiger partial charge in [0.1, 0.15) is 0 Å². The molecule has 0 atom stereocenters. The van der Waals surface area contributed by atoms with Gasteiger partial charge in [0, 0.05) is 32.7 Å². The third-order valence-electron chi connectivity index (χ3n) is 2.89. The molecule has 0 heterocycles. The minimum absolute atomic E-state index is 0.156. The molecule has 0 aromatic carbocycles. The molecule has 0 aromatic heterocycles. The van der Waals surface area contributed by atoms with Crippen molar-refractivity contribution in [2.45, 2.75) is 59.3 Å². The Kier molecular flexibility index (Phi) is 14.8. The van der Waals surface area contributed by atoms with Crippen LogP contribution in [-0.4, -0.2) is 40.3 Å². The quantitative estimate of drug-likeness (QED) is 0.319. The molecule has 4 nitrogen and oxygen atoms in total. The number of aliphatic hydroxyl groups is 1. The molecule has 128 valence electrons. The minimum Gasteiger partial charge on any atom is -0.395 e. The second-order valence-electron chi connectivity index (χ2n) is 4.73. The van der Waals surface area contributed by atoms with E-state index in [0.717, 1.165) is 32.1 Å². The van der Waals surface area contributed by atoms with Gasteiger partial charge in [0.15, 0.2) is 0 Å². The van der Waals surface area contributed by atoms with Gasteiger partial charge in [-0.3, -0.25) is 0 Å². The van der Waals surface area contributed by atoms with E-state index in [9.17, 15) is 0 Å². The van der Waals surface area contributed by atoms with Gasteiger partial charge >= 0.3 is 8.80 Å². The van der Waals surface area contributed by atoms with Crippen molar-refractivity contribution in [3.63, 3.8) is 0 Å². The maximum absolute atomic E-state index is 8.61. The lowest BCUT2D eigenvalue weighted by molar-refractivity contribution is 0.0842. The summed E-state index contributed by atoms with van der Waals surface area (Å²) in [5.41, 5.74) is 2.02. The molecule has 0 amide bonds. The maximum atomic E-state index is 8.61. The van der Waals surface area contributed by atoms with Gasteiger partial charge in [-0.1, -0.05) is 12.5 Å². The van der Waals surface area contributed by atoms with Crippen molar-refractivity contribution in [3.05, 3.63) is 11.8 Å². The Morgan fingerprint density at radius 2 is 1.45 bits per heavy atom. The first-order valence-electron chi connectivity index (χ1n) is 8.40. The fourth-order valence-corrected chi connectivity index (χ4v) is 4.19. The van der Waals surface area contributed by atoms with Crippen LogP contribution in [-0.2, 0) is 13.3 Å². The summed E-state index contributed by atoms with van der Waals surface area (Å²) in [7, 11) is -2.61. The third kappa shape index (κ3) is 11.0. The van der Waals surface area contributed by atoms with E-state index in [2.05, 4.69) is 17.9 Å². The summed E-state index contributed by atoms with van der Waals surface area (Å²) in [6.07, 6.45) is 8.03. The first-order valence-corrected chi connectivity index (χ1v) is 10.2. The molecule has 0 saturated carbocycles. The summed E-state index contributed by atoms with van der Waals surface area (Å²) >= 11 is 0. The summed E-state index contributed by atoms with van der Waals surface area (Å²) in [5.74, 6) is 6.01. The van der Waals surface area contributed by atoms with Gasteiger partial charge in [0.25, 0.3) is 0 Å². The van der Waals surface area contributed by atoms with E-state index in [1.165, 1.54) is 0 Å². The zero-order chi connectivity index (χ0) is 16.5. The second kappa shape index (κ2) is 15.3. The fourth-order valence-electron chi connectivity index (χ4n) is 1.99. The van der Waals surface area contributed by atoms with E-state index in [-0.39, 0.29) is 6.61 Å². The van der Waals surface area contributed by atoms with Crippen LogP contribution in [0.5, 0.6) is 0 Å². The van der Waals surface area contributed by atoms with Crippen molar-refractivity contribution in [1.29, 1.82) is 0 Å². The molecule has 0 aliphatic carbocycles. The van der Waals surface area contributed by atoms with Crippen molar-refractivity contribution in [2.24, 2.45) is 0 Å². The standard InChI is InChI=1S/C17H32O4Si/c1-4-19-22(20-5-2,21-6-3)17-15-13-11-9-7-8-10-12-14-16-18/h15,17-18H,4-9,11,13-14,16H2,1-3H3/b17-15+. The monoisotopic (exact) mass is 328 g/mol. The van der Waals surface area contributed by atoms with Crippen LogP contribution < -0.4 is 0 Å². The second-order valence-corrected chi connectivity index (χ2v) is 7.14. The Labute approximate surface area is 137 Å². The van der Waals surface area contributed by atoms with Crippen molar-refractivity contribution in [2.75, 3.05) is 26.4 Å². The Hall–Kier alpha value is -0.643. The smallest absolute Gasteiger partial charge is 0.395 e. The van der Waals surface area contributed by atoms with Gasteiger partial charge in [-0.05, 0) is 45.7 Å². The number of hydrogen-bond acceptors (Lipinski definition) is 4. The topological polar surface area (TPSA) is 47.9 Å². The third-order valence-corrected chi connectivity index (χ3v) is 5.61. The van der Waals surface area contributed by atoms with Crippen molar-refractivity contribution < 1.29 is 18.4 Å². The summed E-state index contributed by atoms with van der Waals surface area (Å²) in [4.78, 5) is 0. The van der Waals surface area contributed by atoms with Gasteiger partial charge in [0.05, 0.1) is 6.61 Å². The molecule has 0 radical (unpaired) electrons. The predicted octanol–water partition coefficient (Wildman–Crippen LogP) is 3.47. The molecule has 0 spiro atoms. The molecule has 5 heteroatoms. The number of unbranched alkanes of at least 4 members (excludes halogenated alkanes) is 4. The highest BCUT2D eigenvalue weighted by molar-refractivity contribution is 6.66. The van der Waals surface area contributed by atoms with E-state index in [0.29, 0.717) is 26.2 Å². The fraction of sp³-hybridized carbons (Fsp3) is 0.765. The van der Waals surface area contributed by atoms with Crippen molar-refractivity contribution in [1.82, 2.24) is 0 Å². The van der Waals surface area contributed by atoms with Crippen LogP contribution in [0, 0.1) is 11.8 Å². The Morgan fingerprint density at radius 3 is 2.00 bits per heavy atom. The average Bonchev–Trinajstić information content (AvgIpc) is 2.50. The van der Waals surface area contributed by atoms with Gasteiger partial charge in [-0.2, -0.15) is 0 Å². The maximum Gasteiger partial charge on any atom is 0.529 e. The lowest BCUT2D eigenvalue weighted by Gasteiger charge is -2.25. The molecule has 0 fully saturated rings. The van der Waals surface area contributed by atoms with Gasteiger partial charge in [0.2, 0.25) is 0 Å². The lowest BCUT2D eigenvalue weighted by atomic mass is 10.1. The van der Waals surface area contributed by atoms with E-state index >= 15 is 0 Å². The zero-order valence-corrected chi connectivity index (χ0v) is 15.4.